The molecule has 5 heteroatoms. The Morgan fingerprint density at radius 2 is 2.09 bits per heavy atom. The van der Waals surface area contributed by atoms with Crippen molar-refractivity contribution in [3.63, 3.8) is 0 Å². The lowest BCUT2D eigenvalue weighted by Crippen LogP contribution is -2.36. The summed E-state index contributed by atoms with van der Waals surface area (Å²) >= 11 is 0. The molecule has 1 aliphatic heterocycles. The quantitative estimate of drug-likeness (QED) is 0.783. The molecule has 1 fully saturated rings. The van der Waals surface area contributed by atoms with Gasteiger partial charge in [0.1, 0.15) is 11.6 Å². The second-order valence-electron chi connectivity index (χ2n) is 6.13. The third-order valence-electron chi connectivity index (χ3n) is 4.45. The van der Waals surface area contributed by atoms with E-state index in [1.165, 1.54) is 0 Å². The minimum Gasteiger partial charge on any atom is -0.385 e. The highest BCUT2D eigenvalue weighted by molar-refractivity contribution is 5.59. The Bertz CT molecular complexity index is 608. The fraction of sp³-hybridized carbons (Fsp3) is 0.647. The van der Waals surface area contributed by atoms with Crippen molar-refractivity contribution in [2.24, 2.45) is 5.92 Å². The van der Waals surface area contributed by atoms with Crippen molar-refractivity contribution in [3.8, 4) is 6.07 Å². The van der Waals surface area contributed by atoms with Crippen LogP contribution in [-0.4, -0.2) is 31.4 Å². The molecule has 1 saturated heterocycles. The third kappa shape index (κ3) is 3.50. The highest BCUT2D eigenvalue weighted by Gasteiger charge is 2.21. The molecule has 120 valence electrons. The van der Waals surface area contributed by atoms with Gasteiger partial charge in [-0.1, -0.05) is 6.92 Å². The number of aromatic nitrogens is 1. The Hall–Kier alpha value is -1.80. The number of nitriles is 1. The number of anilines is 1. The molecule has 0 N–H and O–H groups in total. The molecule has 0 bridgehead atoms. The largest absolute Gasteiger partial charge is 0.385 e. The maximum Gasteiger partial charge on any atom is 0.270 e. The molecule has 0 radical (unpaired) electrons. The maximum absolute atomic E-state index is 12.6. The molecule has 0 unspecified atom stereocenters. The van der Waals surface area contributed by atoms with E-state index in [9.17, 15) is 10.1 Å². The molecule has 1 aliphatic rings. The summed E-state index contributed by atoms with van der Waals surface area (Å²) in [6.45, 7) is 7.22. The number of nitrogens with zero attached hydrogens (tertiary/aromatic N) is 3. The Labute approximate surface area is 132 Å². The van der Waals surface area contributed by atoms with Crippen LogP contribution in [0, 0.1) is 24.2 Å². The van der Waals surface area contributed by atoms with E-state index in [0.29, 0.717) is 13.2 Å². The van der Waals surface area contributed by atoms with Crippen LogP contribution in [0.25, 0.3) is 0 Å². The zero-order chi connectivity index (χ0) is 16.1. The van der Waals surface area contributed by atoms with Crippen LogP contribution in [0.3, 0.4) is 0 Å². The van der Waals surface area contributed by atoms with Gasteiger partial charge in [0.25, 0.3) is 5.56 Å². The Morgan fingerprint density at radius 1 is 1.41 bits per heavy atom. The predicted octanol–water partition coefficient (Wildman–Crippen LogP) is 2.30. The van der Waals surface area contributed by atoms with Gasteiger partial charge in [-0.05, 0) is 38.2 Å². The second kappa shape index (κ2) is 7.46. The first-order chi connectivity index (χ1) is 10.6. The van der Waals surface area contributed by atoms with Crippen LogP contribution in [0.2, 0.25) is 0 Å². The number of ether oxygens (including phenoxy) is 1. The van der Waals surface area contributed by atoms with Crippen LogP contribution >= 0.6 is 0 Å². The van der Waals surface area contributed by atoms with Crippen LogP contribution in [-0.2, 0) is 11.3 Å². The molecule has 0 saturated carbocycles. The molecule has 1 aromatic heterocycles. The molecular formula is C17H25N3O2. The number of methoxy groups -OCH3 is 1. The fourth-order valence-electron chi connectivity index (χ4n) is 3.00. The van der Waals surface area contributed by atoms with E-state index in [1.807, 2.05) is 13.0 Å². The van der Waals surface area contributed by atoms with Crippen molar-refractivity contribution in [3.05, 3.63) is 27.7 Å². The lowest BCUT2D eigenvalue weighted by Gasteiger charge is -2.33. The van der Waals surface area contributed by atoms with Crippen molar-refractivity contribution in [2.45, 2.75) is 39.7 Å². The highest BCUT2D eigenvalue weighted by Crippen LogP contribution is 2.25. The van der Waals surface area contributed by atoms with Crippen molar-refractivity contribution < 1.29 is 4.74 Å². The van der Waals surface area contributed by atoms with Crippen LogP contribution in [0.1, 0.15) is 37.4 Å². The lowest BCUT2D eigenvalue weighted by atomic mass is 9.98. The van der Waals surface area contributed by atoms with Crippen molar-refractivity contribution in [1.82, 2.24) is 4.57 Å². The predicted molar refractivity (Wildman–Crippen MR) is 87.3 cm³/mol. The van der Waals surface area contributed by atoms with E-state index >= 15 is 0 Å². The number of pyridine rings is 1. The molecule has 0 spiro atoms. The van der Waals surface area contributed by atoms with Crippen molar-refractivity contribution in [2.75, 3.05) is 31.7 Å². The monoisotopic (exact) mass is 303 g/mol. The van der Waals surface area contributed by atoms with Gasteiger partial charge in [-0.15, -0.1) is 0 Å². The summed E-state index contributed by atoms with van der Waals surface area (Å²) in [7, 11) is 1.65. The summed E-state index contributed by atoms with van der Waals surface area (Å²) in [6.07, 6.45) is 2.99. The topological polar surface area (TPSA) is 58.3 Å². The molecule has 22 heavy (non-hydrogen) atoms. The molecule has 0 amide bonds. The van der Waals surface area contributed by atoms with Crippen LogP contribution in [0.4, 0.5) is 5.69 Å². The summed E-state index contributed by atoms with van der Waals surface area (Å²) in [6, 6.07) is 4.11. The van der Waals surface area contributed by atoms with Gasteiger partial charge in [0.2, 0.25) is 0 Å². The molecule has 0 aliphatic carbocycles. The summed E-state index contributed by atoms with van der Waals surface area (Å²) in [5.74, 6) is 0.720. The Kier molecular flexibility index (Phi) is 5.62. The first-order valence-electron chi connectivity index (χ1n) is 7.97. The smallest absolute Gasteiger partial charge is 0.270 e. The first kappa shape index (κ1) is 16.6. The van der Waals surface area contributed by atoms with Crippen molar-refractivity contribution >= 4 is 5.69 Å². The van der Waals surface area contributed by atoms with Gasteiger partial charge in [-0.3, -0.25) is 4.79 Å². The molecule has 2 heterocycles. The number of piperidine rings is 1. The average Bonchev–Trinajstić information content (AvgIpc) is 2.51. The van der Waals surface area contributed by atoms with E-state index in [0.717, 1.165) is 49.7 Å². The van der Waals surface area contributed by atoms with E-state index in [-0.39, 0.29) is 11.1 Å². The Morgan fingerprint density at radius 3 is 2.68 bits per heavy atom. The molecule has 2 rings (SSSR count). The van der Waals surface area contributed by atoms with Gasteiger partial charge in [-0.2, -0.15) is 5.26 Å². The zero-order valence-corrected chi connectivity index (χ0v) is 13.8. The fourth-order valence-corrected chi connectivity index (χ4v) is 3.00. The standard InChI is InChI=1S/C17H25N3O2/c1-13-5-8-19(9-6-13)16-11-14(2)20(7-4-10-22-3)17(21)15(16)12-18/h11,13H,4-10H2,1-3H3. The number of hydrogen-bond acceptors (Lipinski definition) is 4. The third-order valence-corrected chi connectivity index (χ3v) is 4.45. The van der Waals surface area contributed by atoms with Gasteiger partial charge < -0.3 is 14.2 Å². The molecular weight excluding hydrogens is 278 g/mol. The number of hydrogen-bond donors (Lipinski definition) is 0. The van der Waals surface area contributed by atoms with Crippen LogP contribution in [0.15, 0.2) is 10.9 Å². The zero-order valence-electron chi connectivity index (χ0n) is 13.8. The van der Waals surface area contributed by atoms with Gasteiger partial charge in [0.05, 0.1) is 5.69 Å². The lowest BCUT2D eigenvalue weighted by molar-refractivity contribution is 0.189. The SMILES string of the molecule is COCCCn1c(C)cc(N2CCC(C)CC2)c(C#N)c1=O. The van der Waals surface area contributed by atoms with Crippen LogP contribution in [0.5, 0.6) is 0 Å². The highest BCUT2D eigenvalue weighted by atomic mass is 16.5. The second-order valence-corrected chi connectivity index (χ2v) is 6.13. The van der Waals surface area contributed by atoms with Gasteiger partial charge in [0.15, 0.2) is 0 Å². The number of rotatable bonds is 5. The first-order valence-corrected chi connectivity index (χ1v) is 7.97. The minimum absolute atomic E-state index is 0.174. The minimum atomic E-state index is -0.174. The maximum atomic E-state index is 12.6. The Balaban J connectivity index is 2.32. The van der Waals surface area contributed by atoms with Gasteiger partial charge in [0, 0.05) is 39.0 Å². The van der Waals surface area contributed by atoms with E-state index in [4.69, 9.17) is 4.74 Å². The van der Waals surface area contributed by atoms with E-state index < -0.39 is 0 Å². The summed E-state index contributed by atoms with van der Waals surface area (Å²) in [5.41, 5.74) is 1.82. The normalized spacial score (nSPS) is 15.8. The van der Waals surface area contributed by atoms with Gasteiger partial charge >= 0.3 is 0 Å². The molecule has 0 atom stereocenters. The summed E-state index contributed by atoms with van der Waals surface area (Å²) < 4.78 is 6.73. The van der Waals surface area contributed by atoms with Gasteiger partial charge in [-0.25, -0.2) is 0 Å². The van der Waals surface area contributed by atoms with E-state index in [2.05, 4.69) is 17.9 Å². The number of aryl methyl sites for hydroxylation is 1. The molecule has 1 aromatic rings. The van der Waals surface area contributed by atoms with Crippen molar-refractivity contribution in [1.29, 1.82) is 5.26 Å². The van der Waals surface area contributed by atoms with Crippen LogP contribution < -0.4 is 10.5 Å². The molecule has 5 nitrogen and oxygen atoms in total. The molecule has 0 aromatic carbocycles. The average molecular weight is 303 g/mol. The van der Waals surface area contributed by atoms with E-state index in [1.54, 1.807) is 11.7 Å². The summed E-state index contributed by atoms with van der Waals surface area (Å²) in [5, 5.41) is 9.45. The summed E-state index contributed by atoms with van der Waals surface area (Å²) in [4.78, 5) is 14.8.